The molecule has 5 heteroatoms. The summed E-state index contributed by atoms with van der Waals surface area (Å²) in [6.07, 6.45) is 1.44. The Morgan fingerprint density at radius 1 is 1.89 bits per heavy atom. The van der Waals surface area contributed by atoms with Crippen LogP contribution in [0.25, 0.3) is 0 Å². The highest BCUT2D eigenvalue weighted by Gasteiger charge is 2.02. The molecule has 0 aliphatic heterocycles. The Kier molecular flexibility index (Phi) is 1.18. The lowest BCUT2D eigenvalue weighted by Crippen LogP contribution is -1.93. The predicted octanol–water partition coefficient (Wildman–Crippen LogP) is 0.400. The molecule has 5 nitrogen and oxygen atoms in total. The highest BCUT2D eigenvalue weighted by atomic mass is 16.3. The summed E-state index contributed by atoms with van der Waals surface area (Å²) in [5, 5.41) is 2.58. The van der Waals surface area contributed by atoms with Crippen LogP contribution in [0.1, 0.15) is 0 Å². The van der Waals surface area contributed by atoms with E-state index in [1.807, 2.05) is 0 Å². The van der Waals surface area contributed by atoms with E-state index in [0.717, 1.165) is 0 Å². The Bertz CT molecular complexity index is 228. The monoisotopic (exact) mass is 126 g/mol. The van der Waals surface area contributed by atoms with Crippen LogP contribution >= 0.6 is 0 Å². The molecule has 1 aromatic heterocycles. The van der Waals surface area contributed by atoms with Crippen LogP contribution in [0.4, 0.5) is 11.6 Å². The van der Waals surface area contributed by atoms with Gasteiger partial charge in [0.15, 0.2) is 5.82 Å². The van der Waals surface area contributed by atoms with Crippen LogP contribution in [0.3, 0.4) is 0 Å². The van der Waals surface area contributed by atoms with Crippen molar-refractivity contribution in [2.75, 3.05) is 5.73 Å². The van der Waals surface area contributed by atoms with Gasteiger partial charge in [-0.3, -0.25) is 0 Å². The molecule has 1 heterocycles. The number of anilines is 1. The second-order valence-electron chi connectivity index (χ2n) is 1.66. The maximum atomic E-state index is 9.83. The highest BCUT2D eigenvalue weighted by molar-refractivity contribution is 5.51. The lowest BCUT2D eigenvalue weighted by Gasteiger charge is -1.89. The third-order valence-corrected chi connectivity index (χ3v) is 1.05. The molecule has 1 rings (SSSR count). The standard InChI is InChI=1S/C4H6N4O/c1-8-2-6-4(7-9)3(8)5/h2H,5H2,1H3. The van der Waals surface area contributed by atoms with Crippen LogP contribution in [-0.4, -0.2) is 9.55 Å². The first-order valence-electron chi connectivity index (χ1n) is 2.36. The van der Waals surface area contributed by atoms with E-state index < -0.39 is 0 Å². The topological polar surface area (TPSA) is 73.3 Å². The third kappa shape index (κ3) is 0.758. The van der Waals surface area contributed by atoms with Gasteiger partial charge in [0.1, 0.15) is 0 Å². The summed E-state index contributed by atoms with van der Waals surface area (Å²) in [5.74, 6) is 0.350. The van der Waals surface area contributed by atoms with Crippen LogP contribution < -0.4 is 5.73 Å². The van der Waals surface area contributed by atoms with Crippen LogP contribution in [-0.2, 0) is 7.05 Å². The molecule has 48 valence electrons. The molecule has 9 heavy (non-hydrogen) atoms. The first-order valence-corrected chi connectivity index (χ1v) is 2.36. The Balaban J connectivity index is 3.18. The molecule has 0 radical (unpaired) electrons. The van der Waals surface area contributed by atoms with E-state index in [-0.39, 0.29) is 5.82 Å². The maximum Gasteiger partial charge on any atom is 0.238 e. The highest BCUT2D eigenvalue weighted by Crippen LogP contribution is 2.16. The van der Waals surface area contributed by atoms with Gasteiger partial charge >= 0.3 is 0 Å². The maximum absolute atomic E-state index is 9.83. The van der Waals surface area contributed by atoms with E-state index in [2.05, 4.69) is 10.2 Å². The molecule has 1 aromatic rings. The largest absolute Gasteiger partial charge is 0.382 e. The average Bonchev–Trinajstić information content (AvgIpc) is 2.15. The van der Waals surface area contributed by atoms with Crippen molar-refractivity contribution in [2.45, 2.75) is 0 Å². The quantitative estimate of drug-likeness (QED) is 0.553. The number of hydrogen-bond donors (Lipinski definition) is 1. The fourth-order valence-electron chi connectivity index (χ4n) is 0.498. The van der Waals surface area contributed by atoms with Gasteiger partial charge in [0, 0.05) is 7.05 Å². The second kappa shape index (κ2) is 1.85. The minimum atomic E-state index is 0.0532. The van der Waals surface area contributed by atoms with E-state index in [1.165, 1.54) is 10.9 Å². The van der Waals surface area contributed by atoms with E-state index in [9.17, 15) is 4.91 Å². The fraction of sp³-hybridized carbons (Fsp3) is 0.250. The van der Waals surface area contributed by atoms with E-state index in [0.29, 0.717) is 5.82 Å². The Morgan fingerprint density at radius 3 is 2.78 bits per heavy atom. The molecule has 0 saturated heterocycles. The van der Waals surface area contributed by atoms with Gasteiger partial charge in [-0.05, 0) is 5.18 Å². The van der Waals surface area contributed by atoms with Gasteiger partial charge in [-0.25, -0.2) is 4.98 Å². The van der Waals surface area contributed by atoms with Gasteiger partial charge in [0.05, 0.1) is 6.33 Å². The fourth-order valence-corrected chi connectivity index (χ4v) is 0.498. The van der Waals surface area contributed by atoms with Gasteiger partial charge in [-0.1, -0.05) is 0 Å². The van der Waals surface area contributed by atoms with Crippen LogP contribution in [0.5, 0.6) is 0 Å². The van der Waals surface area contributed by atoms with Crippen LogP contribution in [0, 0.1) is 4.91 Å². The number of nitrogens with two attached hydrogens (primary N) is 1. The van der Waals surface area contributed by atoms with Gasteiger partial charge in [0.25, 0.3) is 0 Å². The lowest BCUT2D eigenvalue weighted by molar-refractivity contribution is 0.925. The van der Waals surface area contributed by atoms with Gasteiger partial charge in [0.2, 0.25) is 5.82 Å². The van der Waals surface area contributed by atoms with Crippen molar-refractivity contribution < 1.29 is 0 Å². The van der Waals surface area contributed by atoms with E-state index in [4.69, 9.17) is 5.73 Å². The summed E-state index contributed by atoms with van der Waals surface area (Å²) in [6.45, 7) is 0. The zero-order chi connectivity index (χ0) is 6.85. The third-order valence-electron chi connectivity index (χ3n) is 1.05. The van der Waals surface area contributed by atoms with Crippen LogP contribution in [0.2, 0.25) is 0 Å². The number of aromatic nitrogens is 2. The normalized spacial score (nSPS) is 9.44. The van der Waals surface area contributed by atoms with Gasteiger partial charge < -0.3 is 10.3 Å². The molecule has 0 spiro atoms. The number of nitroso groups, excluding NO2 is 1. The Labute approximate surface area is 51.5 Å². The molecule has 2 N–H and O–H groups in total. The first-order chi connectivity index (χ1) is 4.25. The molecule has 0 aliphatic carbocycles. The van der Waals surface area contributed by atoms with Crippen molar-refractivity contribution in [3.63, 3.8) is 0 Å². The summed E-state index contributed by atoms with van der Waals surface area (Å²) >= 11 is 0. The van der Waals surface area contributed by atoms with Gasteiger partial charge in [-0.15, -0.1) is 4.91 Å². The van der Waals surface area contributed by atoms with Gasteiger partial charge in [-0.2, -0.15) is 0 Å². The number of hydrogen-bond acceptors (Lipinski definition) is 4. The Morgan fingerprint density at radius 2 is 2.56 bits per heavy atom. The SMILES string of the molecule is Cn1cnc(N=O)c1N. The molecule has 0 amide bonds. The molecule has 0 unspecified atom stereocenters. The number of rotatable bonds is 1. The molecule has 0 atom stereocenters. The molecular weight excluding hydrogens is 120 g/mol. The Hall–Kier alpha value is -1.39. The van der Waals surface area contributed by atoms with E-state index in [1.54, 1.807) is 7.05 Å². The van der Waals surface area contributed by atoms with Crippen LogP contribution in [0.15, 0.2) is 11.5 Å². The smallest absolute Gasteiger partial charge is 0.238 e. The molecule has 0 aromatic carbocycles. The molecule has 0 saturated carbocycles. The van der Waals surface area contributed by atoms with Crippen molar-refractivity contribution in [3.8, 4) is 0 Å². The minimum absolute atomic E-state index is 0.0532. The summed E-state index contributed by atoms with van der Waals surface area (Å²) in [7, 11) is 1.69. The van der Waals surface area contributed by atoms with Crippen molar-refractivity contribution in [1.29, 1.82) is 0 Å². The van der Waals surface area contributed by atoms with Crippen molar-refractivity contribution >= 4 is 11.6 Å². The summed E-state index contributed by atoms with van der Waals surface area (Å²) in [6, 6.07) is 0. The molecule has 0 fully saturated rings. The van der Waals surface area contributed by atoms with Crippen molar-refractivity contribution in [1.82, 2.24) is 9.55 Å². The van der Waals surface area contributed by atoms with Crippen molar-refractivity contribution in [2.24, 2.45) is 12.2 Å². The number of nitrogens with zero attached hydrogens (tertiary/aromatic N) is 3. The number of aryl methyl sites for hydroxylation is 1. The molecule has 0 aliphatic rings. The zero-order valence-electron chi connectivity index (χ0n) is 4.90. The van der Waals surface area contributed by atoms with Crippen molar-refractivity contribution in [3.05, 3.63) is 11.2 Å². The summed E-state index contributed by atoms with van der Waals surface area (Å²) in [4.78, 5) is 13.4. The minimum Gasteiger partial charge on any atom is -0.382 e. The average molecular weight is 126 g/mol. The second-order valence-corrected chi connectivity index (χ2v) is 1.66. The first kappa shape index (κ1) is 5.74. The van der Waals surface area contributed by atoms with E-state index >= 15 is 0 Å². The number of imidazole rings is 1. The predicted molar refractivity (Wildman–Crippen MR) is 33.1 cm³/mol. The zero-order valence-corrected chi connectivity index (χ0v) is 4.90. The summed E-state index contributed by atoms with van der Waals surface area (Å²) in [5.41, 5.74) is 5.32. The summed E-state index contributed by atoms with van der Waals surface area (Å²) < 4.78 is 1.52. The number of nitrogen functional groups attached to an aromatic ring is 1. The molecular formula is C4H6N4O. The molecule has 0 bridgehead atoms. The lowest BCUT2D eigenvalue weighted by atomic mass is 10.7.